The summed E-state index contributed by atoms with van der Waals surface area (Å²) in [5, 5.41) is 0. The number of fused-ring (bicyclic) bond motifs is 1. The molecule has 0 amide bonds. The number of ketones is 1. The second kappa shape index (κ2) is 10.4. The average molecular weight is 578 g/mol. The number of ether oxygens (including phenoxy) is 1. The predicted molar refractivity (Wildman–Crippen MR) is 150 cm³/mol. The number of nitrogens with zero attached hydrogens (tertiary/aromatic N) is 4. The minimum Gasteiger partial charge on any atom is -0.464 e. The summed E-state index contributed by atoms with van der Waals surface area (Å²) in [6.07, 6.45) is 10.6. The number of benzene rings is 1. The van der Waals surface area contributed by atoms with Crippen molar-refractivity contribution in [3.63, 3.8) is 0 Å². The highest BCUT2D eigenvalue weighted by Gasteiger charge is 2.58. The zero-order valence-electron chi connectivity index (χ0n) is 21.7. The third-order valence-corrected chi connectivity index (χ3v) is 9.38. The van der Waals surface area contributed by atoms with Crippen molar-refractivity contribution in [3.8, 4) is 5.69 Å². The van der Waals surface area contributed by atoms with Crippen LogP contribution in [0, 0.1) is 5.41 Å². The van der Waals surface area contributed by atoms with Gasteiger partial charge in [-0.2, -0.15) is 0 Å². The number of carbonyl (C=O) groups is 2. The van der Waals surface area contributed by atoms with E-state index in [2.05, 4.69) is 49.7 Å². The molecule has 3 fully saturated rings. The van der Waals surface area contributed by atoms with Gasteiger partial charge in [0.05, 0.1) is 12.0 Å². The number of carbonyl (C=O) groups excluding carboxylic acids is 2. The van der Waals surface area contributed by atoms with Gasteiger partial charge in [0.25, 0.3) is 0 Å². The Labute approximate surface area is 231 Å². The van der Waals surface area contributed by atoms with E-state index in [0.29, 0.717) is 18.9 Å². The summed E-state index contributed by atoms with van der Waals surface area (Å²) in [5.41, 5.74) is 4.13. The van der Waals surface area contributed by atoms with E-state index in [1.165, 1.54) is 6.42 Å². The minimum absolute atomic E-state index is 0.214. The molecule has 38 heavy (non-hydrogen) atoms. The molecule has 3 aliphatic rings. The number of aliphatic imine (C=N–C) groups is 1. The van der Waals surface area contributed by atoms with Crippen molar-refractivity contribution < 1.29 is 14.3 Å². The van der Waals surface area contributed by atoms with E-state index in [0.717, 1.165) is 78.9 Å². The molecule has 2 heterocycles. The van der Waals surface area contributed by atoms with Crippen molar-refractivity contribution in [1.82, 2.24) is 14.5 Å². The summed E-state index contributed by atoms with van der Waals surface area (Å²) in [6, 6.07) is 11.5. The van der Waals surface area contributed by atoms with Crippen molar-refractivity contribution in [2.75, 3.05) is 6.61 Å². The van der Waals surface area contributed by atoms with E-state index in [1.54, 1.807) is 0 Å². The molecule has 8 heteroatoms. The van der Waals surface area contributed by atoms with E-state index in [4.69, 9.17) is 14.7 Å². The molecule has 0 N–H and O–H groups in total. The lowest BCUT2D eigenvalue weighted by Crippen LogP contribution is -2.61. The predicted octanol–water partition coefficient (Wildman–Crippen LogP) is 5.90. The van der Waals surface area contributed by atoms with E-state index in [-0.39, 0.29) is 11.8 Å². The molecule has 3 aromatic rings. The minimum atomic E-state index is -0.677. The van der Waals surface area contributed by atoms with Crippen LogP contribution in [0.5, 0.6) is 0 Å². The molecule has 6 rings (SSSR count). The maximum absolute atomic E-state index is 13.0. The number of hydrogen-bond acceptors (Lipinski definition) is 6. The van der Waals surface area contributed by atoms with Crippen molar-refractivity contribution >= 4 is 44.6 Å². The summed E-state index contributed by atoms with van der Waals surface area (Å²) >= 11 is 3.54. The van der Waals surface area contributed by atoms with Crippen LogP contribution in [0.1, 0.15) is 75.6 Å². The van der Waals surface area contributed by atoms with Crippen LogP contribution < -0.4 is 0 Å². The topological polar surface area (TPSA) is 86.4 Å². The van der Waals surface area contributed by atoms with Crippen LogP contribution in [-0.2, 0) is 20.7 Å². The monoisotopic (exact) mass is 576 g/mol. The number of imidazole rings is 1. The number of halogens is 1. The lowest BCUT2D eigenvalue weighted by atomic mass is 9.58. The van der Waals surface area contributed by atoms with E-state index in [1.807, 2.05) is 25.3 Å². The molecule has 198 valence electrons. The molecule has 3 aliphatic carbocycles. The molecule has 1 aromatic carbocycles. The van der Waals surface area contributed by atoms with E-state index < -0.39 is 16.3 Å². The maximum atomic E-state index is 13.0. The van der Waals surface area contributed by atoms with Crippen LogP contribution in [0.2, 0.25) is 0 Å². The Kier molecular flexibility index (Phi) is 6.93. The molecule has 1 spiro atoms. The first-order chi connectivity index (χ1) is 18.5. The molecule has 3 saturated carbocycles. The Morgan fingerprint density at radius 1 is 1.16 bits per heavy atom. The van der Waals surface area contributed by atoms with Gasteiger partial charge in [-0.1, -0.05) is 53.7 Å². The second-order valence-electron chi connectivity index (χ2n) is 10.8. The maximum Gasteiger partial charge on any atom is 0.331 e. The highest BCUT2D eigenvalue weighted by Crippen LogP contribution is 2.49. The summed E-state index contributed by atoms with van der Waals surface area (Å²) in [4.78, 5) is 39.9. The quantitative estimate of drug-likeness (QED) is 0.258. The van der Waals surface area contributed by atoms with Crippen LogP contribution in [0.3, 0.4) is 0 Å². The van der Waals surface area contributed by atoms with Crippen LogP contribution in [0.25, 0.3) is 16.9 Å². The molecule has 2 atom stereocenters. The molecule has 0 saturated heterocycles. The Morgan fingerprint density at radius 3 is 2.61 bits per heavy atom. The number of aromatic nitrogens is 3. The Hall–Kier alpha value is -2.87. The first kappa shape index (κ1) is 25.4. The standard InChI is InChI=1S/C30H33BrN4O3/c1-2-38-29(37)23(33-25-24(31)26(36)30(25)15-4-3-5-16-30)18-19-11-13-21(14-12-19)35-27(20-8-6-9-20)34-22-10-7-17-32-28(22)35/h7,10-14,17,20,23-24H,2-6,8-9,15-16,18H2,1H3/t23-,24?/m0/s1. The zero-order chi connectivity index (χ0) is 26.3. The largest absolute Gasteiger partial charge is 0.464 e. The Balaban J connectivity index is 1.29. The summed E-state index contributed by atoms with van der Waals surface area (Å²) in [5.74, 6) is 1.41. The van der Waals surface area contributed by atoms with Gasteiger partial charge in [0.2, 0.25) is 0 Å². The smallest absolute Gasteiger partial charge is 0.331 e. The summed E-state index contributed by atoms with van der Waals surface area (Å²) in [7, 11) is 0. The fraction of sp³-hybridized carbons (Fsp3) is 0.500. The van der Waals surface area contributed by atoms with Gasteiger partial charge >= 0.3 is 5.97 Å². The van der Waals surface area contributed by atoms with Crippen LogP contribution >= 0.6 is 15.9 Å². The third-order valence-electron chi connectivity index (χ3n) is 8.53. The lowest BCUT2D eigenvalue weighted by Gasteiger charge is -2.47. The molecular weight excluding hydrogens is 544 g/mol. The Bertz CT molecular complexity index is 1390. The zero-order valence-corrected chi connectivity index (χ0v) is 23.3. The Morgan fingerprint density at radius 2 is 1.92 bits per heavy atom. The highest BCUT2D eigenvalue weighted by atomic mass is 79.9. The number of hydrogen-bond donors (Lipinski definition) is 0. The molecule has 2 aromatic heterocycles. The number of Topliss-reactive ketones (excluding diaryl/α,β-unsaturated/α-hetero) is 1. The van der Waals surface area contributed by atoms with Gasteiger partial charge in [-0.3, -0.25) is 14.4 Å². The normalized spacial score (nSPS) is 22.8. The highest BCUT2D eigenvalue weighted by molar-refractivity contribution is 9.10. The summed E-state index contributed by atoms with van der Waals surface area (Å²) in [6.45, 7) is 2.11. The van der Waals surface area contributed by atoms with Gasteiger partial charge in [-0.05, 0) is 62.4 Å². The average Bonchev–Trinajstić information content (AvgIpc) is 3.29. The van der Waals surface area contributed by atoms with Gasteiger partial charge < -0.3 is 4.74 Å². The van der Waals surface area contributed by atoms with Crippen molar-refractivity contribution in [1.29, 1.82) is 0 Å². The number of esters is 1. The van der Waals surface area contributed by atoms with Crippen molar-refractivity contribution in [2.24, 2.45) is 10.4 Å². The second-order valence-corrected chi connectivity index (χ2v) is 11.7. The molecule has 7 nitrogen and oxygen atoms in total. The fourth-order valence-corrected chi connectivity index (χ4v) is 7.22. The van der Waals surface area contributed by atoms with Gasteiger partial charge in [0.1, 0.15) is 16.2 Å². The van der Waals surface area contributed by atoms with Crippen molar-refractivity contribution in [3.05, 3.63) is 54.0 Å². The van der Waals surface area contributed by atoms with E-state index in [9.17, 15) is 9.59 Å². The lowest BCUT2D eigenvalue weighted by molar-refractivity contribution is -0.144. The molecule has 1 unspecified atom stereocenters. The van der Waals surface area contributed by atoms with Crippen LogP contribution in [0.15, 0.2) is 47.6 Å². The molecule has 0 radical (unpaired) electrons. The van der Waals surface area contributed by atoms with Gasteiger partial charge in [-0.15, -0.1) is 0 Å². The molecular formula is C30H33BrN4O3. The first-order valence-corrected chi connectivity index (χ1v) is 14.8. The molecule has 0 bridgehead atoms. The summed E-state index contributed by atoms with van der Waals surface area (Å²) < 4.78 is 7.58. The van der Waals surface area contributed by atoms with E-state index >= 15 is 0 Å². The number of pyridine rings is 1. The van der Waals surface area contributed by atoms with Gasteiger partial charge in [0, 0.05) is 29.9 Å². The number of alkyl halides is 1. The first-order valence-electron chi connectivity index (χ1n) is 13.9. The van der Waals surface area contributed by atoms with Crippen LogP contribution in [-0.4, -0.2) is 49.5 Å². The number of rotatable bonds is 7. The van der Waals surface area contributed by atoms with Gasteiger partial charge in [-0.25, -0.2) is 14.8 Å². The van der Waals surface area contributed by atoms with Crippen molar-refractivity contribution in [2.45, 2.75) is 81.5 Å². The van der Waals surface area contributed by atoms with Crippen LogP contribution in [0.4, 0.5) is 0 Å². The molecule has 0 aliphatic heterocycles. The SMILES string of the molecule is CCOC(=O)[C@H](Cc1ccc(-n2c(C3CCC3)nc3cccnc32)cc1)N=C1C(Br)C(=O)C12CCCCC2. The fourth-order valence-electron chi connectivity index (χ4n) is 6.22. The third kappa shape index (κ3) is 4.31. The van der Waals surface area contributed by atoms with Gasteiger partial charge in [0.15, 0.2) is 17.5 Å².